The highest BCUT2D eigenvalue weighted by molar-refractivity contribution is 5.73. The van der Waals surface area contributed by atoms with Crippen molar-refractivity contribution >= 4 is 5.57 Å². The summed E-state index contributed by atoms with van der Waals surface area (Å²) in [4.78, 5) is 0. The maximum absolute atomic E-state index is 2.44. The van der Waals surface area contributed by atoms with Crippen LogP contribution in [0, 0.1) is 5.92 Å². The van der Waals surface area contributed by atoms with Crippen LogP contribution in [-0.2, 0) is 6.42 Å². The van der Waals surface area contributed by atoms with Crippen LogP contribution in [0.3, 0.4) is 0 Å². The molecular formula is C17H24. The van der Waals surface area contributed by atoms with Gasteiger partial charge in [-0.1, -0.05) is 69.9 Å². The smallest absolute Gasteiger partial charge is 0.00854 e. The van der Waals surface area contributed by atoms with Crippen LogP contribution in [0.4, 0.5) is 0 Å². The van der Waals surface area contributed by atoms with Gasteiger partial charge in [-0.2, -0.15) is 0 Å². The van der Waals surface area contributed by atoms with E-state index in [1.165, 1.54) is 43.2 Å². The number of fused-ring (bicyclic) bond motifs is 1. The minimum atomic E-state index is 0.882. The Kier molecular flexibility index (Phi) is 4.42. The van der Waals surface area contributed by atoms with Gasteiger partial charge in [0.15, 0.2) is 0 Å². The van der Waals surface area contributed by atoms with E-state index in [9.17, 15) is 0 Å². The molecule has 17 heavy (non-hydrogen) atoms. The van der Waals surface area contributed by atoms with Gasteiger partial charge >= 0.3 is 0 Å². The summed E-state index contributed by atoms with van der Waals surface area (Å²) >= 11 is 0. The van der Waals surface area contributed by atoms with Crippen molar-refractivity contribution in [1.29, 1.82) is 0 Å². The van der Waals surface area contributed by atoms with Crippen molar-refractivity contribution in [1.82, 2.24) is 0 Å². The summed E-state index contributed by atoms with van der Waals surface area (Å²) in [5.74, 6) is 0.882. The number of rotatable bonds is 6. The normalized spacial score (nSPS) is 15.5. The topological polar surface area (TPSA) is 0 Å². The molecule has 92 valence electrons. The lowest BCUT2D eigenvalue weighted by molar-refractivity contribution is 0.461. The molecule has 0 nitrogen and oxygen atoms in total. The molecule has 1 aliphatic carbocycles. The largest absolute Gasteiger partial charge is 0.0763 e. The van der Waals surface area contributed by atoms with Crippen molar-refractivity contribution in [2.24, 2.45) is 5.92 Å². The fourth-order valence-corrected chi connectivity index (χ4v) is 2.80. The maximum atomic E-state index is 2.44. The van der Waals surface area contributed by atoms with Gasteiger partial charge in [-0.15, -0.1) is 0 Å². The second kappa shape index (κ2) is 6.05. The van der Waals surface area contributed by atoms with Crippen LogP contribution in [0.2, 0.25) is 0 Å². The van der Waals surface area contributed by atoms with Gasteiger partial charge in [0.05, 0.1) is 0 Å². The van der Waals surface area contributed by atoms with Crippen LogP contribution in [0.1, 0.15) is 57.1 Å². The first-order valence-electron chi connectivity index (χ1n) is 7.12. The van der Waals surface area contributed by atoms with Crippen molar-refractivity contribution in [3.8, 4) is 0 Å². The first-order chi connectivity index (χ1) is 8.35. The molecule has 0 fully saturated rings. The van der Waals surface area contributed by atoms with Gasteiger partial charge < -0.3 is 0 Å². The summed E-state index contributed by atoms with van der Waals surface area (Å²) in [5, 5.41) is 0. The molecule has 0 heteroatoms. The van der Waals surface area contributed by atoms with Gasteiger partial charge in [0, 0.05) is 0 Å². The molecule has 0 radical (unpaired) electrons. The zero-order valence-electron chi connectivity index (χ0n) is 11.2. The molecule has 0 bridgehead atoms. The predicted molar refractivity (Wildman–Crippen MR) is 76.0 cm³/mol. The maximum Gasteiger partial charge on any atom is -0.00854 e. The molecule has 1 unspecified atom stereocenters. The summed E-state index contributed by atoms with van der Waals surface area (Å²) in [5.41, 5.74) is 4.64. The molecular weight excluding hydrogens is 204 g/mol. The summed E-state index contributed by atoms with van der Waals surface area (Å²) in [6.45, 7) is 4.62. The van der Waals surface area contributed by atoms with Crippen molar-refractivity contribution in [3.05, 3.63) is 41.5 Å². The lowest BCUT2D eigenvalue weighted by atomic mass is 9.90. The standard InChI is InChI=1S/C17H24/c1-3-5-8-14(4-2)13-16-12-11-15-9-6-7-10-17(15)16/h6-7,9-10,12,14H,3-5,8,11,13H2,1-2H3. The molecule has 0 heterocycles. The summed E-state index contributed by atoms with van der Waals surface area (Å²) in [7, 11) is 0. The van der Waals surface area contributed by atoms with Crippen molar-refractivity contribution in [2.45, 2.75) is 52.4 Å². The van der Waals surface area contributed by atoms with E-state index in [4.69, 9.17) is 0 Å². The molecule has 1 aliphatic rings. The van der Waals surface area contributed by atoms with E-state index in [1.807, 2.05) is 0 Å². The number of hydrogen-bond donors (Lipinski definition) is 0. The Morgan fingerprint density at radius 3 is 2.76 bits per heavy atom. The lowest BCUT2D eigenvalue weighted by Gasteiger charge is -2.16. The SMILES string of the molecule is CCCCC(CC)CC1=CCc2ccccc21. The van der Waals surface area contributed by atoms with Gasteiger partial charge in [-0.25, -0.2) is 0 Å². The second-order valence-corrected chi connectivity index (χ2v) is 5.21. The summed E-state index contributed by atoms with van der Waals surface area (Å²) in [6.07, 6.45) is 10.3. The quantitative estimate of drug-likeness (QED) is 0.625. The van der Waals surface area contributed by atoms with E-state index < -0.39 is 0 Å². The molecule has 2 rings (SSSR count). The Bertz CT molecular complexity index is 387. The monoisotopic (exact) mass is 228 g/mol. The highest BCUT2D eigenvalue weighted by Gasteiger charge is 2.16. The lowest BCUT2D eigenvalue weighted by Crippen LogP contribution is -2.00. The van der Waals surface area contributed by atoms with Crippen LogP contribution >= 0.6 is 0 Å². The third kappa shape index (κ3) is 3.00. The third-order valence-corrected chi connectivity index (χ3v) is 3.98. The minimum Gasteiger partial charge on any atom is -0.0763 e. The molecule has 0 saturated heterocycles. The third-order valence-electron chi connectivity index (χ3n) is 3.98. The average Bonchev–Trinajstić information content (AvgIpc) is 2.78. The highest BCUT2D eigenvalue weighted by atomic mass is 14.2. The molecule has 1 aromatic carbocycles. The summed E-state index contributed by atoms with van der Waals surface area (Å²) < 4.78 is 0. The van der Waals surface area contributed by atoms with E-state index >= 15 is 0 Å². The molecule has 0 saturated carbocycles. The Hall–Kier alpha value is -1.04. The van der Waals surface area contributed by atoms with Crippen LogP contribution in [-0.4, -0.2) is 0 Å². The highest BCUT2D eigenvalue weighted by Crippen LogP contribution is 2.34. The summed E-state index contributed by atoms with van der Waals surface area (Å²) in [6, 6.07) is 8.89. The Balaban J connectivity index is 2.00. The first kappa shape index (κ1) is 12.4. The van der Waals surface area contributed by atoms with E-state index in [-0.39, 0.29) is 0 Å². The van der Waals surface area contributed by atoms with Gasteiger partial charge in [-0.05, 0) is 35.5 Å². The number of benzene rings is 1. The first-order valence-corrected chi connectivity index (χ1v) is 7.12. The van der Waals surface area contributed by atoms with E-state index in [0.717, 1.165) is 12.3 Å². The Labute approximate surface area is 106 Å². The molecule has 0 aliphatic heterocycles. The Morgan fingerprint density at radius 1 is 1.18 bits per heavy atom. The van der Waals surface area contributed by atoms with Crippen LogP contribution in [0.15, 0.2) is 30.3 Å². The molecule has 0 N–H and O–H groups in total. The van der Waals surface area contributed by atoms with Crippen molar-refractivity contribution in [2.75, 3.05) is 0 Å². The fourth-order valence-electron chi connectivity index (χ4n) is 2.80. The predicted octanol–water partition coefficient (Wildman–Crippen LogP) is 5.23. The number of allylic oxidation sites excluding steroid dienone is 2. The fraction of sp³-hybridized carbons (Fsp3) is 0.529. The van der Waals surface area contributed by atoms with Crippen LogP contribution < -0.4 is 0 Å². The second-order valence-electron chi connectivity index (χ2n) is 5.21. The zero-order valence-corrected chi connectivity index (χ0v) is 11.2. The van der Waals surface area contributed by atoms with Crippen molar-refractivity contribution in [3.63, 3.8) is 0 Å². The van der Waals surface area contributed by atoms with Gasteiger partial charge in [0.2, 0.25) is 0 Å². The number of hydrogen-bond acceptors (Lipinski definition) is 0. The number of unbranched alkanes of at least 4 members (excludes halogenated alkanes) is 1. The van der Waals surface area contributed by atoms with E-state index in [0.29, 0.717) is 0 Å². The van der Waals surface area contributed by atoms with Crippen LogP contribution in [0.25, 0.3) is 5.57 Å². The van der Waals surface area contributed by atoms with Gasteiger partial charge in [0.25, 0.3) is 0 Å². The zero-order chi connectivity index (χ0) is 12.1. The van der Waals surface area contributed by atoms with E-state index in [1.54, 1.807) is 5.57 Å². The molecule has 0 aromatic heterocycles. The average molecular weight is 228 g/mol. The molecule has 0 amide bonds. The van der Waals surface area contributed by atoms with E-state index in [2.05, 4.69) is 44.2 Å². The Morgan fingerprint density at radius 2 is 2.00 bits per heavy atom. The minimum absolute atomic E-state index is 0.882. The van der Waals surface area contributed by atoms with Gasteiger partial charge in [0.1, 0.15) is 0 Å². The molecule has 1 aromatic rings. The molecule has 0 spiro atoms. The van der Waals surface area contributed by atoms with Gasteiger partial charge in [-0.3, -0.25) is 0 Å². The van der Waals surface area contributed by atoms with Crippen molar-refractivity contribution < 1.29 is 0 Å². The van der Waals surface area contributed by atoms with Crippen LogP contribution in [0.5, 0.6) is 0 Å². The molecule has 1 atom stereocenters.